The average molecular weight is 495 g/mol. The monoisotopic (exact) mass is 494 g/mol. The first-order valence-electron chi connectivity index (χ1n) is 11.3. The van der Waals surface area contributed by atoms with E-state index in [0.717, 1.165) is 16.2 Å². The number of rotatable bonds is 6. The minimum absolute atomic E-state index is 0.230. The lowest BCUT2D eigenvalue weighted by molar-refractivity contribution is 0.00794. The molecule has 3 N–H and O–H groups in total. The van der Waals surface area contributed by atoms with Gasteiger partial charge in [-0.05, 0) is 31.1 Å². The first-order valence-corrected chi connectivity index (χ1v) is 12.1. The van der Waals surface area contributed by atoms with Crippen LogP contribution in [-0.4, -0.2) is 64.7 Å². The number of aromatic amines is 1. The molecule has 3 aromatic heterocycles. The lowest BCUT2D eigenvalue weighted by Gasteiger charge is -2.16. The number of aliphatic hydroxyl groups is 1. The van der Waals surface area contributed by atoms with Gasteiger partial charge >= 0.3 is 0 Å². The Hall–Kier alpha value is -3.02. The normalized spacial score (nSPS) is 23.6. The van der Waals surface area contributed by atoms with E-state index in [1.807, 2.05) is 49.6 Å². The molecule has 8 nitrogen and oxygen atoms in total. The maximum Gasteiger partial charge on any atom is 0.193 e. The number of hydrogen-bond acceptors (Lipinski definition) is 8. The van der Waals surface area contributed by atoms with E-state index in [-0.39, 0.29) is 30.6 Å². The number of halogens is 1. The first-order chi connectivity index (χ1) is 17.1. The zero-order valence-corrected chi connectivity index (χ0v) is 19.6. The molecule has 2 saturated heterocycles. The summed E-state index contributed by atoms with van der Waals surface area (Å²) in [4.78, 5) is 13.1. The second kappa shape index (κ2) is 9.21. The van der Waals surface area contributed by atoms with Gasteiger partial charge in [0, 0.05) is 34.4 Å². The van der Waals surface area contributed by atoms with Gasteiger partial charge in [0.2, 0.25) is 0 Å². The van der Waals surface area contributed by atoms with E-state index in [4.69, 9.17) is 14.2 Å². The summed E-state index contributed by atoms with van der Waals surface area (Å²) < 4.78 is 35.2. The number of ether oxygens (including phenoxy) is 3. The Bertz CT molecular complexity index is 1350. The number of benzene rings is 1. The van der Waals surface area contributed by atoms with Crippen molar-refractivity contribution in [3.05, 3.63) is 60.5 Å². The molecule has 180 valence electrons. The first kappa shape index (κ1) is 22.4. The third kappa shape index (κ3) is 4.28. The minimum atomic E-state index is -0.645. The van der Waals surface area contributed by atoms with Crippen LogP contribution in [0.4, 0.5) is 4.39 Å². The van der Waals surface area contributed by atoms with Crippen molar-refractivity contribution >= 4 is 23.0 Å². The van der Waals surface area contributed by atoms with Gasteiger partial charge in [-0.25, -0.2) is 9.37 Å². The summed E-state index contributed by atoms with van der Waals surface area (Å²) in [5.74, 6) is 0.0151. The molecular formula is C25H23FN4O4S. The van der Waals surface area contributed by atoms with Gasteiger partial charge in [0.1, 0.15) is 24.0 Å². The molecule has 0 amide bonds. The number of aromatic nitrogens is 3. The highest BCUT2D eigenvalue weighted by atomic mass is 32.2. The van der Waals surface area contributed by atoms with E-state index in [1.54, 1.807) is 6.07 Å². The zero-order chi connectivity index (χ0) is 23.9. The fourth-order valence-corrected chi connectivity index (χ4v) is 4.99. The second-order valence-corrected chi connectivity index (χ2v) is 9.55. The number of H-pyrrole nitrogens is 1. The van der Waals surface area contributed by atoms with Crippen molar-refractivity contribution in [2.45, 2.75) is 29.3 Å². The molecule has 0 saturated carbocycles. The molecule has 5 heterocycles. The third-order valence-corrected chi connectivity index (χ3v) is 6.88. The van der Waals surface area contributed by atoms with Gasteiger partial charge in [-0.15, -0.1) is 0 Å². The van der Waals surface area contributed by atoms with Gasteiger partial charge in [0.15, 0.2) is 17.8 Å². The Balaban J connectivity index is 1.22. The molecule has 2 fully saturated rings. The minimum Gasteiger partial charge on any atom is -0.470 e. The number of aliphatic hydroxyl groups excluding tert-OH is 1. The van der Waals surface area contributed by atoms with Crippen molar-refractivity contribution in [1.29, 1.82) is 0 Å². The van der Waals surface area contributed by atoms with Crippen LogP contribution in [0.3, 0.4) is 0 Å². The maximum atomic E-state index is 15.0. The summed E-state index contributed by atoms with van der Waals surface area (Å²) in [5, 5.41) is 9.91. The van der Waals surface area contributed by atoms with Crippen LogP contribution in [-0.2, 0) is 9.47 Å². The molecule has 4 atom stereocenters. The fraction of sp³-hybridized carbons (Fsp3) is 0.280. The van der Waals surface area contributed by atoms with E-state index in [9.17, 15) is 9.50 Å². The number of hydrogen-bond donors (Lipinski definition) is 3. The van der Waals surface area contributed by atoms with Crippen molar-refractivity contribution in [1.82, 2.24) is 19.7 Å². The maximum absolute atomic E-state index is 15.0. The summed E-state index contributed by atoms with van der Waals surface area (Å²) >= 11 is 1.50. The highest BCUT2D eigenvalue weighted by molar-refractivity contribution is 7.97. The quantitative estimate of drug-likeness (QED) is 0.350. The molecule has 0 aliphatic carbocycles. The Labute approximate surface area is 205 Å². The molecule has 6 rings (SSSR count). The van der Waals surface area contributed by atoms with Gasteiger partial charge in [-0.2, -0.15) is 0 Å². The summed E-state index contributed by atoms with van der Waals surface area (Å²) in [6.07, 6.45) is 0.0946. The molecule has 35 heavy (non-hydrogen) atoms. The highest BCUT2D eigenvalue weighted by Crippen LogP contribution is 2.32. The Kier molecular flexibility index (Phi) is 5.91. The second-order valence-electron chi connectivity index (χ2n) is 8.47. The van der Waals surface area contributed by atoms with Crippen LogP contribution in [0.25, 0.3) is 33.5 Å². The van der Waals surface area contributed by atoms with Crippen molar-refractivity contribution in [2.24, 2.45) is 0 Å². The smallest absolute Gasteiger partial charge is 0.193 e. The highest BCUT2D eigenvalue weighted by Gasteiger charge is 2.48. The van der Waals surface area contributed by atoms with Crippen molar-refractivity contribution < 1.29 is 23.7 Å². The van der Waals surface area contributed by atoms with Crippen molar-refractivity contribution in [3.8, 4) is 28.4 Å². The molecule has 10 heteroatoms. The summed E-state index contributed by atoms with van der Waals surface area (Å²) in [6.45, 7) is 0.542. The van der Waals surface area contributed by atoms with Crippen LogP contribution < -0.4 is 9.46 Å². The van der Waals surface area contributed by atoms with Crippen LogP contribution >= 0.6 is 11.9 Å². The lowest BCUT2D eigenvalue weighted by atomic mass is 10.1. The van der Waals surface area contributed by atoms with Crippen LogP contribution in [0, 0.1) is 5.82 Å². The zero-order valence-electron chi connectivity index (χ0n) is 18.8. The molecular weight excluding hydrogens is 471 g/mol. The van der Waals surface area contributed by atoms with Crippen LogP contribution in [0.15, 0.2) is 59.6 Å². The molecule has 0 unspecified atom stereocenters. The molecule has 4 aromatic rings. The Morgan fingerprint density at radius 3 is 2.66 bits per heavy atom. The third-order valence-electron chi connectivity index (χ3n) is 6.20. The molecule has 0 bridgehead atoms. The van der Waals surface area contributed by atoms with Crippen LogP contribution in [0.2, 0.25) is 0 Å². The molecule has 1 aromatic carbocycles. The van der Waals surface area contributed by atoms with Gasteiger partial charge in [-0.1, -0.05) is 24.3 Å². The Morgan fingerprint density at radius 1 is 1.09 bits per heavy atom. The predicted molar refractivity (Wildman–Crippen MR) is 130 cm³/mol. The largest absolute Gasteiger partial charge is 0.470 e. The number of fused-ring (bicyclic) bond motifs is 2. The SMILES string of the molecule is CNSc1ccc(-c2ccc(-c3nc4cc(O[C@@H]5CO[C@H]6[C@@H]5OC[C@H]6O)[nH]c4cc3F)cc2)nc1. The molecule has 2 aliphatic rings. The van der Waals surface area contributed by atoms with Crippen LogP contribution in [0.5, 0.6) is 5.88 Å². The number of nitrogens with zero attached hydrogens (tertiary/aromatic N) is 2. The van der Waals surface area contributed by atoms with Gasteiger partial charge in [-0.3, -0.25) is 9.71 Å². The standard InChI is InChI=1S/C25H23FN4O4S/c1-27-35-15-6-7-17(28-10-15)13-2-4-14(5-3-13)23-16(26)8-18-19(30-23)9-22(29-18)34-21-12-33-24-20(31)11-32-25(21)24/h2-10,20-21,24-25,27,29,31H,11-12H2,1H3/t20-,21-,24-,25-/m1/s1. The molecule has 2 aliphatic heterocycles. The topological polar surface area (TPSA) is 102 Å². The fourth-order valence-electron chi connectivity index (χ4n) is 4.51. The van der Waals surface area contributed by atoms with E-state index in [2.05, 4.69) is 19.7 Å². The summed E-state index contributed by atoms with van der Waals surface area (Å²) in [6, 6.07) is 14.6. The number of pyridine rings is 2. The predicted octanol–water partition coefficient (Wildman–Crippen LogP) is 3.56. The lowest BCUT2D eigenvalue weighted by Crippen LogP contribution is -2.34. The van der Waals surface area contributed by atoms with Gasteiger partial charge in [0.05, 0.1) is 29.9 Å². The number of nitrogens with one attached hydrogen (secondary N) is 2. The van der Waals surface area contributed by atoms with Crippen LogP contribution in [0.1, 0.15) is 0 Å². The summed E-state index contributed by atoms with van der Waals surface area (Å²) in [7, 11) is 1.86. The van der Waals surface area contributed by atoms with E-state index < -0.39 is 11.9 Å². The molecule has 0 spiro atoms. The Morgan fingerprint density at radius 2 is 1.89 bits per heavy atom. The molecule has 0 radical (unpaired) electrons. The van der Waals surface area contributed by atoms with E-state index >= 15 is 0 Å². The van der Waals surface area contributed by atoms with Crippen molar-refractivity contribution in [2.75, 3.05) is 20.3 Å². The average Bonchev–Trinajstić information content (AvgIpc) is 3.56. The van der Waals surface area contributed by atoms with Gasteiger partial charge < -0.3 is 24.3 Å². The van der Waals surface area contributed by atoms with Crippen molar-refractivity contribution in [3.63, 3.8) is 0 Å². The van der Waals surface area contributed by atoms with E-state index in [0.29, 0.717) is 29.1 Å². The summed E-state index contributed by atoms with van der Waals surface area (Å²) in [5.41, 5.74) is 3.82. The van der Waals surface area contributed by atoms with E-state index in [1.165, 1.54) is 18.0 Å². The van der Waals surface area contributed by atoms with Gasteiger partial charge in [0.25, 0.3) is 0 Å².